The van der Waals surface area contributed by atoms with Crippen LogP contribution < -0.4 is 0 Å². The first kappa shape index (κ1) is 15.7. The van der Waals surface area contributed by atoms with Crippen LogP contribution in [0.3, 0.4) is 0 Å². The Morgan fingerprint density at radius 2 is 1.94 bits per heavy atom. The molecule has 0 amide bonds. The second-order valence-corrected chi connectivity index (χ2v) is 6.50. The van der Waals surface area contributed by atoms with E-state index < -0.39 is 0 Å². The van der Waals surface area contributed by atoms with E-state index in [4.69, 9.17) is 0 Å². The Morgan fingerprint density at radius 3 is 2.39 bits per heavy atom. The quantitative estimate of drug-likeness (QED) is 0.644. The maximum absolute atomic E-state index is 11.6. The zero-order chi connectivity index (χ0) is 13.6. The Balaban J connectivity index is 2.57. The highest BCUT2D eigenvalue weighted by atomic mass is 16.1. The summed E-state index contributed by atoms with van der Waals surface area (Å²) in [6, 6.07) is 0. The average Bonchev–Trinajstić information content (AvgIpc) is 2.40. The van der Waals surface area contributed by atoms with Crippen molar-refractivity contribution >= 4 is 6.29 Å². The van der Waals surface area contributed by atoms with Crippen LogP contribution in [0.15, 0.2) is 0 Å². The van der Waals surface area contributed by atoms with Gasteiger partial charge < -0.3 is 9.69 Å². The highest BCUT2D eigenvalue weighted by Crippen LogP contribution is 2.38. The molecule has 0 aromatic heterocycles. The summed E-state index contributed by atoms with van der Waals surface area (Å²) in [6.07, 6.45) is 7.11. The lowest BCUT2D eigenvalue weighted by molar-refractivity contribution is -0.119. The molecule has 0 spiro atoms. The largest absolute Gasteiger partial charge is 0.303 e. The first-order chi connectivity index (χ1) is 8.55. The SMILES string of the molecule is CCC(C)CN(CC)CC1(C=O)CCC(C)CC1. The van der Waals surface area contributed by atoms with Gasteiger partial charge in [-0.15, -0.1) is 0 Å². The van der Waals surface area contributed by atoms with E-state index in [1.807, 2.05) is 0 Å². The summed E-state index contributed by atoms with van der Waals surface area (Å²) >= 11 is 0. The summed E-state index contributed by atoms with van der Waals surface area (Å²) in [4.78, 5) is 14.1. The molecule has 0 aromatic carbocycles. The average molecular weight is 253 g/mol. The summed E-state index contributed by atoms with van der Waals surface area (Å²) in [6.45, 7) is 12.3. The van der Waals surface area contributed by atoms with E-state index in [1.165, 1.54) is 25.5 Å². The van der Waals surface area contributed by atoms with Crippen molar-refractivity contribution in [2.24, 2.45) is 17.3 Å². The minimum Gasteiger partial charge on any atom is -0.303 e. The number of carbonyl (C=O) groups excluding carboxylic acids is 1. The van der Waals surface area contributed by atoms with Gasteiger partial charge in [0, 0.05) is 18.5 Å². The summed E-state index contributed by atoms with van der Waals surface area (Å²) in [5.41, 5.74) is -0.0457. The summed E-state index contributed by atoms with van der Waals surface area (Å²) in [5, 5.41) is 0. The molecule has 1 aliphatic rings. The van der Waals surface area contributed by atoms with E-state index >= 15 is 0 Å². The molecule has 106 valence electrons. The third-order valence-corrected chi connectivity index (χ3v) is 4.77. The monoisotopic (exact) mass is 253 g/mol. The van der Waals surface area contributed by atoms with Gasteiger partial charge in [0.15, 0.2) is 0 Å². The number of nitrogens with zero attached hydrogens (tertiary/aromatic N) is 1. The highest BCUT2D eigenvalue weighted by molar-refractivity contribution is 5.60. The van der Waals surface area contributed by atoms with Crippen molar-refractivity contribution < 1.29 is 4.79 Å². The minimum atomic E-state index is -0.0457. The van der Waals surface area contributed by atoms with Crippen LogP contribution in [0.1, 0.15) is 59.8 Å². The minimum absolute atomic E-state index is 0.0457. The predicted molar refractivity (Wildman–Crippen MR) is 77.7 cm³/mol. The number of rotatable bonds is 7. The first-order valence-corrected chi connectivity index (χ1v) is 7.74. The van der Waals surface area contributed by atoms with Gasteiger partial charge in [0.05, 0.1) is 0 Å². The molecule has 1 aliphatic carbocycles. The Morgan fingerprint density at radius 1 is 1.33 bits per heavy atom. The van der Waals surface area contributed by atoms with E-state index in [2.05, 4.69) is 32.6 Å². The van der Waals surface area contributed by atoms with Crippen molar-refractivity contribution in [3.63, 3.8) is 0 Å². The zero-order valence-electron chi connectivity index (χ0n) is 12.7. The van der Waals surface area contributed by atoms with Gasteiger partial charge in [-0.2, -0.15) is 0 Å². The standard InChI is InChI=1S/C16H31NO/c1-5-14(3)11-17(6-2)12-16(13-18)9-7-15(4)8-10-16/h13-15H,5-12H2,1-4H3. The lowest BCUT2D eigenvalue weighted by Gasteiger charge is -2.39. The van der Waals surface area contributed by atoms with Gasteiger partial charge in [-0.25, -0.2) is 0 Å². The number of carbonyl (C=O) groups is 1. The molecule has 0 bridgehead atoms. The maximum atomic E-state index is 11.6. The number of hydrogen-bond acceptors (Lipinski definition) is 2. The molecule has 0 aliphatic heterocycles. The molecule has 1 unspecified atom stereocenters. The third kappa shape index (κ3) is 4.38. The fraction of sp³-hybridized carbons (Fsp3) is 0.938. The zero-order valence-corrected chi connectivity index (χ0v) is 12.7. The van der Waals surface area contributed by atoms with Crippen LogP contribution in [0.2, 0.25) is 0 Å². The van der Waals surface area contributed by atoms with Gasteiger partial charge in [-0.05, 0) is 44.1 Å². The number of aldehydes is 1. The van der Waals surface area contributed by atoms with Crippen molar-refractivity contribution in [2.75, 3.05) is 19.6 Å². The molecular weight excluding hydrogens is 222 g/mol. The van der Waals surface area contributed by atoms with Crippen molar-refractivity contribution in [3.05, 3.63) is 0 Å². The molecule has 2 nitrogen and oxygen atoms in total. The summed E-state index contributed by atoms with van der Waals surface area (Å²) < 4.78 is 0. The van der Waals surface area contributed by atoms with E-state index in [0.717, 1.165) is 44.3 Å². The Bertz CT molecular complexity index is 243. The maximum Gasteiger partial charge on any atom is 0.127 e. The molecule has 0 heterocycles. The van der Waals surface area contributed by atoms with Gasteiger partial charge in [0.25, 0.3) is 0 Å². The number of hydrogen-bond donors (Lipinski definition) is 0. The smallest absolute Gasteiger partial charge is 0.127 e. The molecule has 0 radical (unpaired) electrons. The highest BCUT2D eigenvalue weighted by Gasteiger charge is 2.35. The molecular formula is C16H31NO. The molecule has 1 fully saturated rings. The van der Waals surface area contributed by atoms with E-state index in [0.29, 0.717) is 0 Å². The van der Waals surface area contributed by atoms with Gasteiger partial charge in [-0.1, -0.05) is 34.1 Å². The molecule has 1 atom stereocenters. The van der Waals surface area contributed by atoms with Crippen molar-refractivity contribution in [1.82, 2.24) is 4.90 Å². The molecule has 18 heavy (non-hydrogen) atoms. The molecule has 1 rings (SSSR count). The summed E-state index contributed by atoms with van der Waals surface area (Å²) in [7, 11) is 0. The molecule has 1 saturated carbocycles. The lowest BCUT2D eigenvalue weighted by Crippen LogP contribution is -2.42. The molecule has 0 saturated heterocycles. The summed E-state index contributed by atoms with van der Waals surface area (Å²) in [5.74, 6) is 1.54. The van der Waals surface area contributed by atoms with Crippen molar-refractivity contribution in [3.8, 4) is 0 Å². The normalized spacial score (nSPS) is 30.4. The van der Waals surface area contributed by atoms with Gasteiger partial charge in [0.1, 0.15) is 6.29 Å². The molecule has 2 heteroatoms. The second kappa shape index (κ2) is 7.28. The molecule has 0 aromatic rings. The van der Waals surface area contributed by atoms with E-state index in [1.54, 1.807) is 0 Å². The van der Waals surface area contributed by atoms with E-state index in [9.17, 15) is 4.79 Å². The van der Waals surface area contributed by atoms with Crippen LogP contribution >= 0.6 is 0 Å². The van der Waals surface area contributed by atoms with Crippen molar-refractivity contribution in [1.29, 1.82) is 0 Å². The van der Waals surface area contributed by atoms with Crippen LogP contribution in [0.4, 0.5) is 0 Å². The predicted octanol–water partition coefficient (Wildman–Crippen LogP) is 3.75. The van der Waals surface area contributed by atoms with Crippen LogP contribution in [-0.2, 0) is 4.79 Å². The van der Waals surface area contributed by atoms with Crippen LogP contribution in [0.5, 0.6) is 0 Å². The lowest BCUT2D eigenvalue weighted by atomic mass is 9.71. The fourth-order valence-electron chi connectivity index (χ4n) is 2.97. The topological polar surface area (TPSA) is 20.3 Å². The Kier molecular flexibility index (Phi) is 6.34. The Labute approximate surface area is 113 Å². The van der Waals surface area contributed by atoms with Gasteiger partial charge in [-0.3, -0.25) is 0 Å². The van der Waals surface area contributed by atoms with Crippen LogP contribution in [-0.4, -0.2) is 30.8 Å². The van der Waals surface area contributed by atoms with Crippen LogP contribution in [0, 0.1) is 17.3 Å². The van der Waals surface area contributed by atoms with Crippen molar-refractivity contribution in [2.45, 2.75) is 59.8 Å². The molecule has 0 N–H and O–H groups in total. The third-order valence-electron chi connectivity index (χ3n) is 4.77. The van der Waals surface area contributed by atoms with Gasteiger partial charge >= 0.3 is 0 Å². The first-order valence-electron chi connectivity index (χ1n) is 7.74. The Hall–Kier alpha value is -0.370. The second-order valence-electron chi connectivity index (χ2n) is 6.50. The van der Waals surface area contributed by atoms with Crippen LogP contribution in [0.25, 0.3) is 0 Å². The van der Waals surface area contributed by atoms with Gasteiger partial charge in [0.2, 0.25) is 0 Å². The van der Waals surface area contributed by atoms with E-state index in [-0.39, 0.29) is 5.41 Å². The fourth-order valence-corrected chi connectivity index (χ4v) is 2.97.